The normalized spacial score (nSPS) is 14.4. The first kappa shape index (κ1) is 14.3. The average Bonchev–Trinajstić information content (AvgIpc) is 2.38. The molecule has 0 aromatic carbocycles. The van der Waals surface area contributed by atoms with Gasteiger partial charge in [0.15, 0.2) is 0 Å². The summed E-state index contributed by atoms with van der Waals surface area (Å²) in [6, 6.07) is 4.80. The van der Waals surface area contributed by atoms with Crippen LogP contribution in [0.25, 0.3) is 0 Å². The number of aromatic nitrogens is 1. The molecule has 1 amide bonds. The molecule has 0 unspecified atom stereocenters. The molecule has 0 radical (unpaired) electrons. The number of nitrogens with one attached hydrogen (secondary N) is 2. The van der Waals surface area contributed by atoms with Crippen LogP contribution in [0.2, 0.25) is 0 Å². The molecule has 1 saturated carbocycles. The number of aryl methyl sites for hydroxylation is 1. The predicted octanol–water partition coefficient (Wildman–Crippen LogP) is 2.16. The van der Waals surface area contributed by atoms with Crippen molar-refractivity contribution in [3.05, 3.63) is 62.1 Å². The summed E-state index contributed by atoms with van der Waals surface area (Å²) in [6.07, 6.45) is 4.61. The average molecular weight is 300 g/mol. The van der Waals surface area contributed by atoms with Crippen LogP contribution in [0.4, 0.5) is 5.69 Å². The zero-order chi connectivity index (χ0) is 15.7. The number of rotatable bonds is 3. The first-order chi connectivity index (χ1) is 10.6. The number of carbonyl (C=O) groups excluding carboxylic acids is 1. The molecule has 3 rings (SSSR count). The van der Waals surface area contributed by atoms with Gasteiger partial charge in [0.2, 0.25) is 0 Å². The van der Waals surface area contributed by atoms with Crippen LogP contribution < -0.4 is 16.5 Å². The molecule has 6 heteroatoms. The first-order valence-corrected chi connectivity index (χ1v) is 7.20. The van der Waals surface area contributed by atoms with Gasteiger partial charge in [0.25, 0.3) is 11.5 Å². The van der Waals surface area contributed by atoms with Gasteiger partial charge >= 0.3 is 5.63 Å². The Kier molecular flexibility index (Phi) is 3.66. The van der Waals surface area contributed by atoms with E-state index in [9.17, 15) is 14.4 Å². The predicted molar refractivity (Wildman–Crippen MR) is 81.3 cm³/mol. The number of H-pyrrole nitrogens is 1. The van der Waals surface area contributed by atoms with E-state index in [1.54, 1.807) is 19.1 Å². The lowest BCUT2D eigenvalue weighted by Gasteiger charge is -2.24. The zero-order valence-corrected chi connectivity index (χ0v) is 12.1. The largest absolute Gasteiger partial charge is 0.427 e. The van der Waals surface area contributed by atoms with Gasteiger partial charge in [-0.1, -0.05) is 6.42 Å². The summed E-state index contributed by atoms with van der Waals surface area (Å²) in [7, 11) is 0. The number of amides is 1. The summed E-state index contributed by atoms with van der Waals surface area (Å²) in [5, 5.41) is 2.44. The van der Waals surface area contributed by atoms with Crippen molar-refractivity contribution >= 4 is 11.6 Å². The molecular formula is C16H16N2O4. The van der Waals surface area contributed by atoms with E-state index in [1.165, 1.54) is 12.3 Å². The van der Waals surface area contributed by atoms with Crippen LogP contribution in [0.1, 0.15) is 46.9 Å². The van der Waals surface area contributed by atoms with Crippen LogP contribution in [0.5, 0.6) is 0 Å². The van der Waals surface area contributed by atoms with E-state index in [-0.39, 0.29) is 17.2 Å². The molecule has 114 valence electrons. The van der Waals surface area contributed by atoms with Gasteiger partial charge in [0, 0.05) is 12.1 Å². The number of pyridine rings is 1. The second-order valence-corrected chi connectivity index (χ2v) is 5.49. The van der Waals surface area contributed by atoms with E-state index in [0.717, 1.165) is 19.3 Å². The van der Waals surface area contributed by atoms with Crippen molar-refractivity contribution in [3.8, 4) is 0 Å². The van der Waals surface area contributed by atoms with Gasteiger partial charge in [0.05, 0.1) is 0 Å². The Morgan fingerprint density at radius 1 is 1.36 bits per heavy atom. The summed E-state index contributed by atoms with van der Waals surface area (Å²) in [4.78, 5) is 38.4. The Labute approximate surface area is 126 Å². The molecule has 1 aliphatic carbocycles. The molecule has 1 fully saturated rings. The Morgan fingerprint density at radius 3 is 2.73 bits per heavy atom. The minimum Gasteiger partial charge on any atom is -0.427 e. The monoisotopic (exact) mass is 300 g/mol. The Bertz CT molecular complexity index is 831. The maximum atomic E-state index is 12.2. The van der Waals surface area contributed by atoms with Crippen LogP contribution in [0.3, 0.4) is 0 Å². The lowest BCUT2D eigenvalue weighted by atomic mass is 9.83. The maximum absolute atomic E-state index is 12.2. The van der Waals surface area contributed by atoms with Crippen molar-refractivity contribution in [1.29, 1.82) is 0 Å². The number of aromatic amines is 1. The van der Waals surface area contributed by atoms with Crippen LogP contribution in [-0.2, 0) is 0 Å². The highest BCUT2D eigenvalue weighted by atomic mass is 16.4. The van der Waals surface area contributed by atoms with Crippen molar-refractivity contribution in [2.24, 2.45) is 0 Å². The lowest BCUT2D eigenvalue weighted by Crippen LogP contribution is -2.26. The Morgan fingerprint density at radius 2 is 2.14 bits per heavy atom. The van der Waals surface area contributed by atoms with Gasteiger partial charge in [-0.25, -0.2) is 4.79 Å². The molecule has 0 aliphatic heterocycles. The van der Waals surface area contributed by atoms with Gasteiger partial charge in [-0.05, 0) is 43.5 Å². The molecule has 2 aromatic rings. The summed E-state index contributed by atoms with van der Waals surface area (Å²) in [5.74, 6) is 0.284. The van der Waals surface area contributed by atoms with E-state index < -0.39 is 17.1 Å². The van der Waals surface area contributed by atoms with Crippen LogP contribution in [0.15, 0.2) is 38.4 Å². The molecule has 2 aromatic heterocycles. The van der Waals surface area contributed by atoms with Crippen molar-refractivity contribution in [2.45, 2.75) is 32.1 Å². The molecule has 0 spiro atoms. The fourth-order valence-corrected chi connectivity index (χ4v) is 2.50. The van der Waals surface area contributed by atoms with Crippen LogP contribution in [0, 0.1) is 6.92 Å². The topological polar surface area (TPSA) is 92.2 Å². The molecular weight excluding hydrogens is 284 g/mol. The molecule has 6 nitrogen and oxygen atoms in total. The Hall–Kier alpha value is -2.63. The molecule has 2 N–H and O–H groups in total. The van der Waals surface area contributed by atoms with Crippen molar-refractivity contribution in [1.82, 2.24) is 4.98 Å². The quantitative estimate of drug-likeness (QED) is 0.908. The van der Waals surface area contributed by atoms with E-state index in [1.807, 2.05) is 0 Å². The van der Waals surface area contributed by atoms with Crippen molar-refractivity contribution < 1.29 is 9.21 Å². The van der Waals surface area contributed by atoms with Gasteiger partial charge in [-0.15, -0.1) is 0 Å². The summed E-state index contributed by atoms with van der Waals surface area (Å²) < 4.78 is 5.28. The number of anilines is 1. The zero-order valence-electron chi connectivity index (χ0n) is 12.1. The highest BCUT2D eigenvalue weighted by Gasteiger charge is 2.25. The van der Waals surface area contributed by atoms with E-state index in [2.05, 4.69) is 10.3 Å². The van der Waals surface area contributed by atoms with E-state index in [0.29, 0.717) is 11.3 Å². The summed E-state index contributed by atoms with van der Waals surface area (Å²) in [6.45, 7) is 1.70. The van der Waals surface area contributed by atoms with Gasteiger partial charge in [-0.3, -0.25) is 9.59 Å². The maximum Gasteiger partial charge on any atom is 0.349 e. The summed E-state index contributed by atoms with van der Waals surface area (Å²) >= 11 is 0. The third-order valence-electron chi connectivity index (χ3n) is 3.97. The number of hydrogen-bond donors (Lipinski definition) is 2. The highest BCUT2D eigenvalue weighted by Crippen LogP contribution is 2.36. The smallest absolute Gasteiger partial charge is 0.349 e. The molecule has 2 heterocycles. The first-order valence-electron chi connectivity index (χ1n) is 7.20. The molecule has 0 saturated heterocycles. The lowest BCUT2D eigenvalue weighted by molar-refractivity contribution is 0.102. The van der Waals surface area contributed by atoms with Crippen LogP contribution >= 0.6 is 0 Å². The highest BCUT2D eigenvalue weighted by molar-refractivity contribution is 6.04. The minimum atomic E-state index is -0.660. The van der Waals surface area contributed by atoms with Gasteiger partial charge in [-0.2, -0.15) is 0 Å². The molecule has 0 bridgehead atoms. The van der Waals surface area contributed by atoms with Crippen molar-refractivity contribution in [3.63, 3.8) is 0 Å². The van der Waals surface area contributed by atoms with Crippen molar-refractivity contribution in [2.75, 3.05) is 5.32 Å². The standard InChI is InChI=1S/C16H16N2O4/c1-9-8-12(10-4-2-5-10)22-16(21)13(9)15(20)18-11-6-3-7-17-14(11)19/h3,6-8,10H,2,4-5H2,1H3,(H,17,19)(H,18,20). The van der Waals surface area contributed by atoms with Gasteiger partial charge in [0.1, 0.15) is 17.0 Å². The molecule has 1 aliphatic rings. The third-order valence-corrected chi connectivity index (χ3v) is 3.97. The van der Waals surface area contributed by atoms with Gasteiger partial charge < -0.3 is 14.7 Å². The molecule has 22 heavy (non-hydrogen) atoms. The van der Waals surface area contributed by atoms with E-state index >= 15 is 0 Å². The van der Waals surface area contributed by atoms with Crippen LogP contribution in [-0.4, -0.2) is 10.9 Å². The molecule has 0 atom stereocenters. The third kappa shape index (κ3) is 2.59. The number of carbonyl (C=O) groups is 1. The fraction of sp³-hybridized carbons (Fsp3) is 0.312. The second kappa shape index (κ2) is 5.63. The van der Waals surface area contributed by atoms with E-state index in [4.69, 9.17) is 4.42 Å². The Balaban J connectivity index is 1.91. The SMILES string of the molecule is Cc1cc(C2CCC2)oc(=O)c1C(=O)Nc1ccc[nH]c1=O. The number of hydrogen-bond acceptors (Lipinski definition) is 4. The fourth-order valence-electron chi connectivity index (χ4n) is 2.50. The minimum absolute atomic E-state index is 0.0636. The second-order valence-electron chi connectivity index (χ2n) is 5.49. The summed E-state index contributed by atoms with van der Waals surface area (Å²) in [5.41, 5.74) is -0.501.